The zero-order valence-corrected chi connectivity index (χ0v) is 8.49. The third kappa shape index (κ3) is 2.69. The molecule has 1 heterocycles. The van der Waals surface area contributed by atoms with Crippen LogP contribution in [0.15, 0.2) is 0 Å². The highest BCUT2D eigenvalue weighted by Crippen LogP contribution is 2.19. The molecule has 2 atom stereocenters. The average Bonchev–Trinajstić information content (AvgIpc) is 2.52. The summed E-state index contributed by atoms with van der Waals surface area (Å²) in [6.45, 7) is 6.22. The van der Waals surface area contributed by atoms with Crippen LogP contribution >= 0.6 is 0 Å². The summed E-state index contributed by atoms with van der Waals surface area (Å²) in [7, 11) is 0. The molecule has 0 saturated carbocycles. The Labute approximate surface area is 79.7 Å². The van der Waals surface area contributed by atoms with Crippen molar-refractivity contribution in [2.24, 2.45) is 5.92 Å². The summed E-state index contributed by atoms with van der Waals surface area (Å²) in [5.41, 5.74) is 0. The van der Waals surface area contributed by atoms with Crippen molar-refractivity contribution in [1.29, 1.82) is 0 Å². The van der Waals surface area contributed by atoms with Crippen molar-refractivity contribution < 1.29 is 9.90 Å². The summed E-state index contributed by atoms with van der Waals surface area (Å²) in [6.07, 6.45) is 2.99. The van der Waals surface area contributed by atoms with E-state index < -0.39 is 5.97 Å². The van der Waals surface area contributed by atoms with Gasteiger partial charge in [0.2, 0.25) is 0 Å². The second kappa shape index (κ2) is 4.61. The fourth-order valence-corrected chi connectivity index (χ4v) is 1.85. The maximum absolute atomic E-state index is 10.8. The van der Waals surface area contributed by atoms with Crippen LogP contribution in [0, 0.1) is 5.92 Å². The van der Waals surface area contributed by atoms with E-state index in [0.717, 1.165) is 32.4 Å². The van der Waals surface area contributed by atoms with E-state index in [0.29, 0.717) is 5.92 Å². The molecule has 0 amide bonds. The standard InChI is InChI=1S/C10H19NO2/c1-3-8(2)7-11-6-4-5-9(11)10(12)13/h8-9H,3-7H2,1-2H3,(H,12,13). The normalized spacial score (nSPS) is 26.2. The molecule has 1 N–H and O–H groups in total. The number of likely N-dealkylation sites (tertiary alicyclic amines) is 1. The third-order valence-corrected chi connectivity index (χ3v) is 2.89. The van der Waals surface area contributed by atoms with Crippen molar-refractivity contribution >= 4 is 5.97 Å². The van der Waals surface area contributed by atoms with Crippen LogP contribution in [0.1, 0.15) is 33.1 Å². The molecule has 0 bridgehead atoms. The molecule has 0 spiro atoms. The zero-order valence-electron chi connectivity index (χ0n) is 8.49. The van der Waals surface area contributed by atoms with E-state index in [1.54, 1.807) is 0 Å². The van der Waals surface area contributed by atoms with Crippen LogP contribution < -0.4 is 0 Å². The summed E-state index contributed by atoms with van der Waals surface area (Å²) < 4.78 is 0. The van der Waals surface area contributed by atoms with Gasteiger partial charge in [-0.15, -0.1) is 0 Å². The van der Waals surface area contributed by atoms with Gasteiger partial charge in [0.1, 0.15) is 6.04 Å². The Bertz CT molecular complexity index is 182. The molecule has 0 aromatic rings. The predicted octanol–water partition coefficient (Wildman–Crippen LogP) is 1.58. The highest BCUT2D eigenvalue weighted by atomic mass is 16.4. The van der Waals surface area contributed by atoms with Crippen LogP contribution in [0.5, 0.6) is 0 Å². The summed E-state index contributed by atoms with van der Waals surface area (Å²) in [5, 5.41) is 8.93. The fraction of sp³-hybridized carbons (Fsp3) is 0.900. The second-order valence-corrected chi connectivity index (χ2v) is 4.00. The van der Waals surface area contributed by atoms with E-state index >= 15 is 0 Å². The SMILES string of the molecule is CCC(C)CN1CCCC1C(=O)O. The average molecular weight is 185 g/mol. The monoisotopic (exact) mass is 185 g/mol. The maximum atomic E-state index is 10.8. The van der Waals surface area contributed by atoms with E-state index in [-0.39, 0.29) is 6.04 Å². The molecule has 1 aliphatic heterocycles. The van der Waals surface area contributed by atoms with Gasteiger partial charge in [-0.3, -0.25) is 9.69 Å². The van der Waals surface area contributed by atoms with E-state index in [2.05, 4.69) is 18.7 Å². The van der Waals surface area contributed by atoms with Crippen LogP contribution in [-0.4, -0.2) is 35.1 Å². The van der Waals surface area contributed by atoms with Gasteiger partial charge in [0.25, 0.3) is 0 Å². The van der Waals surface area contributed by atoms with Crippen LogP contribution in [0.4, 0.5) is 0 Å². The largest absolute Gasteiger partial charge is 0.480 e. The van der Waals surface area contributed by atoms with E-state index in [1.807, 2.05) is 0 Å². The van der Waals surface area contributed by atoms with Gasteiger partial charge in [-0.1, -0.05) is 20.3 Å². The molecule has 0 aliphatic carbocycles. The van der Waals surface area contributed by atoms with Crippen LogP contribution in [0.25, 0.3) is 0 Å². The van der Waals surface area contributed by atoms with Crippen molar-refractivity contribution in [1.82, 2.24) is 4.90 Å². The lowest BCUT2D eigenvalue weighted by atomic mass is 10.1. The Hall–Kier alpha value is -0.570. The van der Waals surface area contributed by atoms with Crippen molar-refractivity contribution in [2.75, 3.05) is 13.1 Å². The van der Waals surface area contributed by atoms with Crippen molar-refractivity contribution in [3.8, 4) is 0 Å². The molecule has 1 fully saturated rings. The van der Waals surface area contributed by atoms with E-state index in [9.17, 15) is 4.79 Å². The Morgan fingerprint density at radius 2 is 2.38 bits per heavy atom. The molecule has 0 aromatic carbocycles. The first-order chi connectivity index (χ1) is 6.15. The number of aliphatic carboxylic acids is 1. The number of rotatable bonds is 4. The van der Waals surface area contributed by atoms with Gasteiger partial charge >= 0.3 is 5.97 Å². The fourth-order valence-electron chi connectivity index (χ4n) is 1.85. The molecule has 0 radical (unpaired) electrons. The van der Waals surface area contributed by atoms with E-state index in [4.69, 9.17) is 5.11 Å². The molecule has 76 valence electrons. The van der Waals surface area contributed by atoms with Gasteiger partial charge in [0.15, 0.2) is 0 Å². The van der Waals surface area contributed by atoms with Crippen LogP contribution in [-0.2, 0) is 4.79 Å². The Kier molecular flexibility index (Phi) is 3.72. The lowest BCUT2D eigenvalue weighted by Crippen LogP contribution is -2.38. The smallest absolute Gasteiger partial charge is 0.320 e. The lowest BCUT2D eigenvalue weighted by Gasteiger charge is -2.23. The summed E-state index contributed by atoms with van der Waals surface area (Å²) in [4.78, 5) is 12.9. The summed E-state index contributed by atoms with van der Waals surface area (Å²) in [5.74, 6) is -0.0410. The van der Waals surface area contributed by atoms with Gasteiger partial charge in [0.05, 0.1) is 0 Å². The Balaban J connectivity index is 2.44. The minimum absolute atomic E-state index is 0.214. The Morgan fingerprint density at radius 3 is 2.92 bits per heavy atom. The number of carbonyl (C=O) groups is 1. The van der Waals surface area contributed by atoms with Crippen LogP contribution in [0.2, 0.25) is 0 Å². The quantitative estimate of drug-likeness (QED) is 0.723. The Morgan fingerprint density at radius 1 is 1.69 bits per heavy atom. The lowest BCUT2D eigenvalue weighted by molar-refractivity contribution is -0.142. The minimum atomic E-state index is -0.652. The van der Waals surface area contributed by atoms with Crippen molar-refractivity contribution in [2.45, 2.75) is 39.2 Å². The highest BCUT2D eigenvalue weighted by molar-refractivity contribution is 5.73. The first-order valence-corrected chi connectivity index (χ1v) is 5.12. The number of carboxylic acids is 1. The third-order valence-electron chi connectivity index (χ3n) is 2.89. The number of hydrogen-bond acceptors (Lipinski definition) is 2. The van der Waals surface area contributed by atoms with Gasteiger partial charge in [-0.05, 0) is 25.3 Å². The maximum Gasteiger partial charge on any atom is 0.320 e. The number of nitrogens with zero attached hydrogens (tertiary/aromatic N) is 1. The van der Waals surface area contributed by atoms with Gasteiger partial charge in [-0.2, -0.15) is 0 Å². The van der Waals surface area contributed by atoms with Gasteiger partial charge in [-0.25, -0.2) is 0 Å². The molecule has 0 aromatic heterocycles. The summed E-state index contributed by atoms with van der Waals surface area (Å²) in [6, 6.07) is -0.214. The van der Waals surface area contributed by atoms with Crippen molar-refractivity contribution in [3.63, 3.8) is 0 Å². The van der Waals surface area contributed by atoms with Crippen molar-refractivity contribution in [3.05, 3.63) is 0 Å². The molecule has 3 heteroatoms. The van der Waals surface area contributed by atoms with Gasteiger partial charge < -0.3 is 5.11 Å². The molecular formula is C10H19NO2. The first kappa shape index (κ1) is 10.5. The number of carboxylic acid groups (broad SMARTS) is 1. The zero-order chi connectivity index (χ0) is 9.84. The minimum Gasteiger partial charge on any atom is -0.480 e. The van der Waals surface area contributed by atoms with E-state index in [1.165, 1.54) is 0 Å². The summed E-state index contributed by atoms with van der Waals surface area (Å²) >= 11 is 0. The van der Waals surface area contributed by atoms with Crippen LogP contribution in [0.3, 0.4) is 0 Å². The molecule has 1 saturated heterocycles. The van der Waals surface area contributed by atoms with Gasteiger partial charge in [0, 0.05) is 6.54 Å². The second-order valence-electron chi connectivity index (χ2n) is 4.00. The molecule has 13 heavy (non-hydrogen) atoms. The molecule has 1 aliphatic rings. The predicted molar refractivity (Wildman–Crippen MR) is 51.7 cm³/mol. The molecule has 3 nitrogen and oxygen atoms in total. The first-order valence-electron chi connectivity index (χ1n) is 5.12. The molecule has 1 rings (SSSR count). The molecular weight excluding hydrogens is 166 g/mol. The number of hydrogen-bond donors (Lipinski definition) is 1. The topological polar surface area (TPSA) is 40.5 Å². The highest BCUT2D eigenvalue weighted by Gasteiger charge is 2.30. The molecule has 2 unspecified atom stereocenters.